The first-order valence-electron chi connectivity index (χ1n) is 7.11. The summed E-state index contributed by atoms with van der Waals surface area (Å²) in [5.41, 5.74) is 6.16. The summed E-state index contributed by atoms with van der Waals surface area (Å²) in [6, 6.07) is 2.95. The van der Waals surface area contributed by atoms with Gasteiger partial charge in [0.05, 0.1) is 5.02 Å². The predicted molar refractivity (Wildman–Crippen MR) is 83.9 cm³/mol. The molecule has 116 valence electrons. The number of fused-ring (bicyclic) bond motifs is 2. The summed E-state index contributed by atoms with van der Waals surface area (Å²) in [7, 11) is -3.64. The Hall–Kier alpha value is -0.330. The molecule has 2 aliphatic rings. The fraction of sp³-hybridized carbons (Fsp3) is 0.571. The highest BCUT2D eigenvalue weighted by Gasteiger charge is 2.41. The van der Waals surface area contributed by atoms with Crippen LogP contribution in [0.3, 0.4) is 0 Å². The molecule has 0 amide bonds. The van der Waals surface area contributed by atoms with Gasteiger partial charge in [0.1, 0.15) is 4.90 Å². The van der Waals surface area contributed by atoms with Crippen LogP contribution in [0.25, 0.3) is 0 Å². The zero-order valence-electron chi connectivity index (χ0n) is 11.5. The predicted octanol–water partition coefficient (Wildman–Crippen LogP) is 2.92. The summed E-state index contributed by atoms with van der Waals surface area (Å²) < 4.78 is 28.0. The monoisotopic (exact) mass is 348 g/mol. The van der Waals surface area contributed by atoms with Crippen molar-refractivity contribution >= 4 is 33.2 Å². The number of nitrogens with one attached hydrogen (secondary N) is 1. The maximum absolute atomic E-state index is 12.6. The maximum atomic E-state index is 12.6. The summed E-state index contributed by atoms with van der Waals surface area (Å²) >= 11 is 12.1. The molecule has 0 spiro atoms. The number of rotatable bonds is 4. The largest absolute Gasteiger partial charge is 0.326 e. The van der Waals surface area contributed by atoms with Crippen LogP contribution in [-0.4, -0.2) is 14.5 Å². The Morgan fingerprint density at radius 3 is 2.52 bits per heavy atom. The second kappa shape index (κ2) is 5.70. The number of hydrogen-bond acceptors (Lipinski definition) is 3. The van der Waals surface area contributed by atoms with Crippen molar-refractivity contribution in [2.75, 3.05) is 0 Å². The minimum Gasteiger partial charge on any atom is -0.326 e. The van der Waals surface area contributed by atoms with E-state index in [0.29, 0.717) is 22.4 Å². The standard InChI is InChI=1S/C14H18Cl2N2O2S/c15-11-6-12(16)14(5-10(11)7-17)21(19,20)18-13-4-8-1-2-9(13)3-8/h5-6,8-9,13,18H,1-4,7,17H2. The van der Waals surface area contributed by atoms with E-state index in [1.165, 1.54) is 18.6 Å². The first-order chi connectivity index (χ1) is 9.90. The Kier molecular flexibility index (Phi) is 4.23. The summed E-state index contributed by atoms with van der Waals surface area (Å²) in [5.74, 6) is 1.13. The Balaban J connectivity index is 1.88. The molecule has 0 saturated heterocycles. The van der Waals surface area contributed by atoms with E-state index in [1.807, 2.05) is 0 Å². The van der Waals surface area contributed by atoms with Crippen LogP contribution in [0.4, 0.5) is 0 Å². The molecule has 3 atom stereocenters. The highest BCUT2D eigenvalue weighted by molar-refractivity contribution is 7.89. The normalized spacial score (nSPS) is 28.2. The number of hydrogen-bond donors (Lipinski definition) is 2. The van der Waals surface area contributed by atoms with Crippen molar-refractivity contribution in [2.24, 2.45) is 17.6 Å². The number of sulfonamides is 1. The van der Waals surface area contributed by atoms with E-state index in [9.17, 15) is 8.42 Å². The molecule has 3 unspecified atom stereocenters. The fourth-order valence-corrected chi connectivity index (χ4v) is 5.78. The smallest absolute Gasteiger partial charge is 0.242 e. The zero-order chi connectivity index (χ0) is 15.2. The highest BCUT2D eigenvalue weighted by Crippen LogP contribution is 2.45. The lowest BCUT2D eigenvalue weighted by Gasteiger charge is -2.23. The quantitative estimate of drug-likeness (QED) is 0.878. The molecular formula is C14H18Cl2N2O2S. The minimum absolute atomic E-state index is 0.0295. The summed E-state index contributed by atoms with van der Waals surface area (Å²) in [6.45, 7) is 0.173. The van der Waals surface area contributed by atoms with Gasteiger partial charge in [-0.05, 0) is 48.8 Å². The number of benzene rings is 1. The average Bonchev–Trinajstić information content (AvgIpc) is 3.00. The zero-order valence-corrected chi connectivity index (χ0v) is 13.8. The SMILES string of the molecule is NCc1cc(S(=O)(=O)NC2CC3CCC2C3)c(Cl)cc1Cl. The Labute approximate surface area is 135 Å². The van der Waals surface area contributed by atoms with Gasteiger partial charge in [0.15, 0.2) is 0 Å². The van der Waals surface area contributed by atoms with Crippen LogP contribution in [-0.2, 0) is 16.6 Å². The van der Waals surface area contributed by atoms with Crippen molar-refractivity contribution in [2.45, 2.75) is 43.2 Å². The van der Waals surface area contributed by atoms with Gasteiger partial charge in [-0.2, -0.15) is 0 Å². The lowest BCUT2D eigenvalue weighted by Crippen LogP contribution is -2.38. The van der Waals surface area contributed by atoms with Crippen LogP contribution in [0.1, 0.15) is 31.2 Å². The van der Waals surface area contributed by atoms with Crippen LogP contribution in [0.15, 0.2) is 17.0 Å². The number of nitrogens with two attached hydrogens (primary N) is 1. The van der Waals surface area contributed by atoms with Crippen molar-refractivity contribution in [3.63, 3.8) is 0 Å². The van der Waals surface area contributed by atoms with Crippen molar-refractivity contribution < 1.29 is 8.42 Å². The molecule has 2 saturated carbocycles. The summed E-state index contributed by atoms with van der Waals surface area (Å²) in [6.07, 6.45) is 4.40. The van der Waals surface area contributed by atoms with Crippen molar-refractivity contribution in [1.82, 2.24) is 4.72 Å². The first-order valence-corrected chi connectivity index (χ1v) is 9.35. The van der Waals surface area contributed by atoms with Gasteiger partial charge in [-0.3, -0.25) is 0 Å². The van der Waals surface area contributed by atoms with Gasteiger partial charge < -0.3 is 5.73 Å². The maximum Gasteiger partial charge on any atom is 0.242 e. The minimum atomic E-state index is -3.64. The van der Waals surface area contributed by atoms with Gasteiger partial charge in [0.2, 0.25) is 10.0 Å². The second-order valence-corrected chi connectivity index (χ2v) is 8.48. The van der Waals surface area contributed by atoms with Gasteiger partial charge in [-0.1, -0.05) is 29.6 Å². The molecule has 7 heteroatoms. The Bertz CT molecular complexity index is 663. The van der Waals surface area contributed by atoms with E-state index < -0.39 is 10.0 Å². The van der Waals surface area contributed by atoms with Crippen LogP contribution in [0.5, 0.6) is 0 Å². The van der Waals surface area contributed by atoms with E-state index in [1.54, 1.807) is 0 Å². The third-order valence-electron chi connectivity index (χ3n) is 4.65. The molecule has 4 nitrogen and oxygen atoms in total. The van der Waals surface area contributed by atoms with Crippen LogP contribution in [0, 0.1) is 11.8 Å². The molecule has 1 aromatic rings. The average molecular weight is 349 g/mol. The molecule has 0 aliphatic heterocycles. The highest BCUT2D eigenvalue weighted by atomic mass is 35.5. The van der Waals surface area contributed by atoms with Crippen molar-refractivity contribution in [1.29, 1.82) is 0 Å². The van der Waals surface area contributed by atoms with Crippen molar-refractivity contribution in [3.8, 4) is 0 Å². The van der Waals surface area contributed by atoms with Gasteiger partial charge in [0, 0.05) is 17.6 Å². The summed E-state index contributed by atoms with van der Waals surface area (Å²) in [5, 5.41) is 0.522. The van der Waals surface area contributed by atoms with Gasteiger partial charge >= 0.3 is 0 Å². The third kappa shape index (κ3) is 2.94. The van der Waals surface area contributed by atoms with Crippen LogP contribution < -0.4 is 10.5 Å². The van der Waals surface area contributed by atoms with Gasteiger partial charge in [0.25, 0.3) is 0 Å². The fourth-order valence-electron chi connectivity index (χ4n) is 3.59. The summed E-state index contributed by atoms with van der Waals surface area (Å²) in [4.78, 5) is 0.0665. The molecular weight excluding hydrogens is 331 g/mol. The Morgan fingerprint density at radius 1 is 1.19 bits per heavy atom. The van der Waals surface area contributed by atoms with E-state index >= 15 is 0 Å². The molecule has 2 fully saturated rings. The molecule has 3 rings (SSSR count). The van der Waals surface area contributed by atoms with E-state index in [4.69, 9.17) is 28.9 Å². The molecule has 2 aliphatic carbocycles. The molecule has 1 aromatic carbocycles. The molecule has 0 radical (unpaired) electrons. The van der Waals surface area contributed by atoms with Gasteiger partial charge in [-0.15, -0.1) is 0 Å². The van der Waals surface area contributed by atoms with Crippen LogP contribution >= 0.6 is 23.2 Å². The third-order valence-corrected chi connectivity index (χ3v) is 6.96. The van der Waals surface area contributed by atoms with E-state index in [0.717, 1.165) is 19.3 Å². The molecule has 3 N–H and O–H groups in total. The lowest BCUT2D eigenvalue weighted by molar-refractivity contribution is 0.390. The van der Waals surface area contributed by atoms with Crippen LogP contribution in [0.2, 0.25) is 10.0 Å². The molecule has 2 bridgehead atoms. The van der Waals surface area contributed by atoms with E-state index in [2.05, 4.69) is 4.72 Å². The topological polar surface area (TPSA) is 72.2 Å². The Morgan fingerprint density at radius 2 is 1.95 bits per heavy atom. The lowest BCUT2D eigenvalue weighted by atomic mass is 9.96. The number of halogens is 2. The second-order valence-electron chi connectivity index (χ2n) is 5.98. The molecule has 21 heavy (non-hydrogen) atoms. The van der Waals surface area contributed by atoms with Crippen molar-refractivity contribution in [3.05, 3.63) is 27.7 Å². The molecule has 0 aromatic heterocycles. The van der Waals surface area contributed by atoms with E-state index in [-0.39, 0.29) is 22.5 Å². The van der Waals surface area contributed by atoms with Gasteiger partial charge in [-0.25, -0.2) is 13.1 Å². The first kappa shape index (κ1) is 15.6. The molecule has 0 heterocycles.